The fourth-order valence-corrected chi connectivity index (χ4v) is 2.09. The van der Waals surface area contributed by atoms with Gasteiger partial charge in [0.15, 0.2) is 5.78 Å². The van der Waals surface area contributed by atoms with E-state index in [9.17, 15) is 9.18 Å². The number of Topliss-reactive ketones (excluding diaryl/α,β-unsaturated/α-hetero) is 1. The van der Waals surface area contributed by atoms with Crippen LogP contribution in [0.3, 0.4) is 0 Å². The normalized spacial score (nSPS) is 11.1. The molecule has 0 aliphatic heterocycles. The van der Waals surface area contributed by atoms with Crippen LogP contribution in [0.2, 0.25) is 0 Å². The molecule has 14 heavy (non-hydrogen) atoms. The van der Waals surface area contributed by atoms with Crippen LogP contribution >= 0.6 is 22.9 Å². The topological polar surface area (TPSA) is 17.1 Å². The molecular weight excluding hydrogens is 267 g/mol. The SMILES string of the molecule is C[S](C)(Br)=CC(=O)c1ccc(F)cc1. The van der Waals surface area contributed by atoms with Crippen molar-refractivity contribution >= 4 is 34.0 Å². The predicted molar refractivity (Wildman–Crippen MR) is 65.2 cm³/mol. The lowest BCUT2D eigenvalue weighted by Gasteiger charge is -2.06. The predicted octanol–water partition coefficient (Wildman–Crippen LogP) is 3.18. The van der Waals surface area contributed by atoms with Gasteiger partial charge in [-0.2, -0.15) is 8.05 Å². The quantitative estimate of drug-likeness (QED) is 0.600. The minimum absolute atomic E-state index is 0.0677. The third-order valence-corrected chi connectivity index (χ3v) is 2.85. The highest BCUT2D eigenvalue weighted by Gasteiger charge is 2.04. The summed E-state index contributed by atoms with van der Waals surface area (Å²) in [7, 11) is -1.14. The minimum atomic E-state index is -1.14. The van der Waals surface area contributed by atoms with Gasteiger partial charge in [0.1, 0.15) is 5.82 Å². The first-order valence-corrected chi connectivity index (χ1v) is 8.32. The van der Waals surface area contributed by atoms with E-state index in [2.05, 4.69) is 14.8 Å². The number of ketones is 1. The molecule has 0 aromatic heterocycles. The van der Waals surface area contributed by atoms with Crippen LogP contribution in [0.5, 0.6) is 0 Å². The van der Waals surface area contributed by atoms with E-state index >= 15 is 0 Å². The third kappa shape index (κ3) is 3.72. The van der Waals surface area contributed by atoms with E-state index in [-0.39, 0.29) is 11.6 Å². The van der Waals surface area contributed by atoms with Crippen LogP contribution in [0, 0.1) is 5.82 Å². The largest absolute Gasteiger partial charge is 0.289 e. The Hall–Kier alpha value is -0.480. The molecule has 0 spiro atoms. The van der Waals surface area contributed by atoms with Crippen molar-refractivity contribution in [1.29, 1.82) is 0 Å². The second-order valence-electron chi connectivity index (χ2n) is 3.27. The number of hydrogen-bond donors (Lipinski definition) is 0. The monoisotopic (exact) mass is 277 g/mol. The Morgan fingerprint density at radius 3 is 2.29 bits per heavy atom. The molecule has 0 heterocycles. The van der Waals surface area contributed by atoms with E-state index in [0.29, 0.717) is 5.56 Å². The molecule has 1 radical (unpaired) electrons. The Kier molecular flexibility index (Phi) is 3.61. The number of benzene rings is 1. The lowest BCUT2D eigenvalue weighted by molar-refractivity contribution is 0.107. The average molecular weight is 278 g/mol. The zero-order valence-corrected chi connectivity index (χ0v) is 10.4. The highest BCUT2D eigenvalue weighted by Crippen LogP contribution is 2.35. The maximum Gasteiger partial charge on any atom is 0.191 e. The zero-order chi connectivity index (χ0) is 10.8. The molecule has 0 saturated heterocycles. The molecule has 0 N–H and O–H groups in total. The molecule has 1 aromatic carbocycles. The summed E-state index contributed by atoms with van der Waals surface area (Å²) < 4.78 is 12.6. The molecule has 0 bridgehead atoms. The fourth-order valence-electron chi connectivity index (χ4n) is 0.937. The van der Waals surface area contributed by atoms with E-state index in [1.54, 1.807) is 5.37 Å². The van der Waals surface area contributed by atoms with Crippen molar-refractivity contribution in [1.82, 2.24) is 0 Å². The van der Waals surface area contributed by atoms with Gasteiger partial charge in [0.05, 0.1) is 0 Å². The molecule has 0 aliphatic rings. The first kappa shape index (κ1) is 11.6. The Bertz CT molecular complexity index is 383. The number of carbonyl (C=O) groups excluding carboxylic acids is 1. The molecule has 0 atom stereocenters. The summed E-state index contributed by atoms with van der Waals surface area (Å²) in [5, 5.41) is 1.64. The first-order chi connectivity index (χ1) is 6.38. The second-order valence-corrected chi connectivity index (χ2v) is 11.1. The van der Waals surface area contributed by atoms with E-state index < -0.39 is 8.05 Å². The van der Waals surface area contributed by atoms with Gasteiger partial charge < -0.3 is 0 Å². The number of rotatable bonds is 2. The Morgan fingerprint density at radius 2 is 1.86 bits per heavy atom. The maximum absolute atomic E-state index is 12.6. The molecule has 1 aromatic rings. The number of carbonyl (C=O) groups is 1. The van der Waals surface area contributed by atoms with Gasteiger partial charge in [-0.05, 0) is 51.6 Å². The van der Waals surface area contributed by atoms with Crippen LogP contribution in [0.15, 0.2) is 24.3 Å². The summed E-state index contributed by atoms with van der Waals surface area (Å²) >= 11 is 3.42. The lowest BCUT2D eigenvalue weighted by Crippen LogP contribution is -2.01. The van der Waals surface area contributed by atoms with Crippen molar-refractivity contribution in [2.45, 2.75) is 0 Å². The third-order valence-electron chi connectivity index (χ3n) is 1.52. The minimum Gasteiger partial charge on any atom is -0.289 e. The Labute approximate surface area is 91.4 Å². The molecule has 1 rings (SSSR count). The van der Waals surface area contributed by atoms with Crippen molar-refractivity contribution in [3.05, 3.63) is 35.6 Å². The highest BCUT2D eigenvalue weighted by atomic mass is 79.9. The van der Waals surface area contributed by atoms with E-state index in [1.807, 2.05) is 12.5 Å². The zero-order valence-electron chi connectivity index (χ0n) is 7.96. The van der Waals surface area contributed by atoms with Crippen LogP contribution in [0.1, 0.15) is 10.4 Å². The van der Waals surface area contributed by atoms with Crippen molar-refractivity contribution in [2.24, 2.45) is 0 Å². The van der Waals surface area contributed by atoms with E-state index in [1.165, 1.54) is 24.3 Å². The molecule has 0 saturated carbocycles. The number of hydrogen-bond acceptors (Lipinski definition) is 1. The van der Waals surface area contributed by atoms with Crippen molar-refractivity contribution < 1.29 is 9.18 Å². The molecule has 77 valence electrons. The van der Waals surface area contributed by atoms with Crippen molar-refractivity contribution in [3.63, 3.8) is 0 Å². The molecule has 0 fully saturated rings. The molecule has 0 unspecified atom stereocenters. The molecule has 0 amide bonds. The van der Waals surface area contributed by atoms with Crippen LogP contribution in [0.4, 0.5) is 4.39 Å². The van der Waals surface area contributed by atoms with Crippen LogP contribution in [-0.4, -0.2) is 23.7 Å². The molecule has 0 aliphatic carbocycles. The summed E-state index contributed by atoms with van der Waals surface area (Å²) in [5.74, 6) is -0.395. The Balaban J connectivity index is 2.97. The van der Waals surface area contributed by atoms with Gasteiger partial charge in [-0.1, -0.05) is 0 Å². The smallest absolute Gasteiger partial charge is 0.191 e. The summed E-state index contributed by atoms with van der Waals surface area (Å²) in [4.78, 5) is 11.6. The fraction of sp³-hybridized carbons (Fsp3) is 0.200. The maximum atomic E-state index is 12.6. The average Bonchev–Trinajstić information content (AvgIpc) is 2.02. The standard InChI is InChI=1S/C10H11BrFOS/c1-14(2,11)7-10(13)8-3-5-9(12)6-4-8/h3-7H,1-2H3. The second kappa shape index (κ2) is 4.36. The van der Waals surface area contributed by atoms with Crippen molar-refractivity contribution in [3.8, 4) is 0 Å². The summed E-state index contributed by atoms with van der Waals surface area (Å²) in [6.45, 7) is 0. The van der Waals surface area contributed by atoms with Crippen molar-refractivity contribution in [2.75, 3.05) is 12.5 Å². The first-order valence-electron chi connectivity index (χ1n) is 3.96. The van der Waals surface area contributed by atoms with Gasteiger partial charge in [-0.3, -0.25) is 4.79 Å². The van der Waals surface area contributed by atoms with Gasteiger partial charge >= 0.3 is 0 Å². The van der Waals surface area contributed by atoms with Gasteiger partial charge in [0.2, 0.25) is 0 Å². The van der Waals surface area contributed by atoms with Crippen LogP contribution < -0.4 is 0 Å². The molecule has 1 nitrogen and oxygen atoms in total. The van der Waals surface area contributed by atoms with Gasteiger partial charge in [0, 0.05) is 10.9 Å². The van der Waals surface area contributed by atoms with Crippen LogP contribution in [0.25, 0.3) is 0 Å². The summed E-state index contributed by atoms with van der Waals surface area (Å²) in [5.41, 5.74) is 0.520. The van der Waals surface area contributed by atoms with Gasteiger partial charge in [-0.15, -0.1) is 0 Å². The number of halogens is 2. The Morgan fingerprint density at radius 1 is 1.36 bits per heavy atom. The van der Waals surface area contributed by atoms with E-state index in [0.717, 1.165) is 0 Å². The lowest BCUT2D eigenvalue weighted by atomic mass is 10.1. The summed E-state index contributed by atoms with van der Waals surface area (Å²) in [6.07, 6.45) is 3.91. The highest BCUT2D eigenvalue weighted by molar-refractivity contribution is 9.57. The molecular formula is C10H11BrFOS. The van der Waals surface area contributed by atoms with E-state index in [4.69, 9.17) is 0 Å². The summed E-state index contributed by atoms with van der Waals surface area (Å²) in [6, 6.07) is 5.56. The molecule has 4 heteroatoms. The van der Waals surface area contributed by atoms with Gasteiger partial charge in [-0.25, -0.2) is 4.39 Å². The van der Waals surface area contributed by atoms with Gasteiger partial charge in [0.25, 0.3) is 0 Å². The van der Waals surface area contributed by atoms with Crippen LogP contribution in [-0.2, 0) is 0 Å².